The van der Waals surface area contributed by atoms with E-state index in [1.54, 1.807) is 0 Å². The Morgan fingerprint density at radius 1 is 1.20 bits per heavy atom. The number of likely N-dealkylation sites (tertiary alicyclic amines) is 1. The van der Waals surface area contributed by atoms with Crippen LogP contribution < -0.4 is 0 Å². The van der Waals surface area contributed by atoms with Crippen molar-refractivity contribution in [2.45, 2.75) is 33.1 Å². The second-order valence-electron chi connectivity index (χ2n) is 4.64. The molecule has 1 rings (SSSR count). The lowest BCUT2D eigenvalue weighted by Crippen LogP contribution is -2.42. The number of aliphatic carboxylic acids is 1. The number of nitrogens with zero attached hydrogens (tertiary/aromatic N) is 1. The summed E-state index contributed by atoms with van der Waals surface area (Å²) < 4.78 is 0. The van der Waals surface area contributed by atoms with Gasteiger partial charge in [0.1, 0.15) is 0 Å². The number of amides is 1. The Bertz CT molecular complexity index is 242. The maximum atomic E-state index is 11.7. The lowest BCUT2D eigenvalue weighted by Gasteiger charge is -2.35. The van der Waals surface area contributed by atoms with Crippen LogP contribution in [0, 0.1) is 11.8 Å². The van der Waals surface area contributed by atoms with Crippen molar-refractivity contribution in [3.63, 3.8) is 0 Å². The maximum Gasteiger partial charge on any atom is 0.303 e. The molecule has 1 N–H and O–H groups in total. The van der Waals surface area contributed by atoms with E-state index in [9.17, 15) is 9.59 Å². The normalized spacial score (nSPS) is 26.4. The Balaban J connectivity index is 2.41. The Morgan fingerprint density at radius 2 is 1.73 bits per heavy atom. The van der Waals surface area contributed by atoms with E-state index in [1.165, 1.54) is 0 Å². The van der Waals surface area contributed by atoms with Gasteiger partial charge in [-0.1, -0.05) is 13.8 Å². The third kappa shape index (κ3) is 3.90. The van der Waals surface area contributed by atoms with Gasteiger partial charge in [0.05, 0.1) is 6.42 Å². The number of rotatable bonds is 3. The van der Waals surface area contributed by atoms with E-state index < -0.39 is 5.97 Å². The first-order valence-corrected chi connectivity index (χ1v) is 5.48. The first-order valence-electron chi connectivity index (χ1n) is 5.48. The van der Waals surface area contributed by atoms with Crippen molar-refractivity contribution in [1.82, 2.24) is 4.90 Å². The van der Waals surface area contributed by atoms with Gasteiger partial charge in [-0.15, -0.1) is 0 Å². The van der Waals surface area contributed by atoms with Gasteiger partial charge < -0.3 is 10.0 Å². The summed E-state index contributed by atoms with van der Waals surface area (Å²) in [5, 5.41) is 8.49. The minimum atomic E-state index is -0.901. The Hall–Kier alpha value is -1.06. The van der Waals surface area contributed by atoms with Crippen LogP contribution >= 0.6 is 0 Å². The molecule has 0 radical (unpaired) electrons. The number of carboxylic acids is 1. The molecule has 1 fully saturated rings. The van der Waals surface area contributed by atoms with Crippen LogP contribution in [0.5, 0.6) is 0 Å². The molecule has 0 bridgehead atoms. The molecule has 0 aromatic rings. The van der Waals surface area contributed by atoms with Crippen LogP contribution in [0.1, 0.15) is 33.1 Å². The Labute approximate surface area is 90.3 Å². The lowest BCUT2D eigenvalue weighted by atomic mass is 9.91. The molecule has 1 amide bonds. The van der Waals surface area contributed by atoms with Crippen LogP contribution in [0.4, 0.5) is 0 Å². The van der Waals surface area contributed by atoms with Crippen LogP contribution in [0.15, 0.2) is 0 Å². The van der Waals surface area contributed by atoms with Crippen LogP contribution in [-0.4, -0.2) is 35.0 Å². The molecule has 0 spiro atoms. The quantitative estimate of drug-likeness (QED) is 0.770. The summed E-state index contributed by atoms with van der Waals surface area (Å²) in [6.45, 7) is 5.83. The summed E-state index contributed by atoms with van der Waals surface area (Å²) in [6, 6.07) is 0. The molecule has 0 aliphatic carbocycles. The minimum Gasteiger partial charge on any atom is -0.481 e. The highest BCUT2D eigenvalue weighted by atomic mass is 16.4. The fourth-order valence-electron chi connectivity index (χ4n) is 2.24. The van der Waals surface area contributed by atoms with Crippen molar-refractivity contribution < 1.29 is 14.7 Å². The van der Waals surface area contributed by atoms with E-state index >= 15 is 0 Å². The zero-order chi connectivity index (χ0) is 11.4. The van der Waals surface area contributed by atoms with Crippen LogP contribution in [0.2, 0.25) is 0 Å². The number of piperidine rings is 1. The molecule has 1 aliphatic heterocycles. The molecule has 2 atom stereocenters. The van der Waals surface area contributed by atoms with Gasteiger partial charge in [0.15, 0.2) is 0 Å². The molecule has 1 saturated heterocycles. The molecule has 15 heavy (non-hydrogen) atoms. The standard InChI is InChI=1S/C11H19NO3/c1-8-5-9(2)7-12(6-8)10(13)3-4-11(14)15/h8-9H,3-7H2,1-2H3,(H,14,15)/t8-,9-/m1/s1. The average Bonchev–Trinajstić information content (AvgIpc) is 2.12. The number of carbonyl (C=O) groups excluding carboxylic acids is 1. The van der Waals surface area contributed by atoms with Crippen molar-refractivity contribution in [3.05, 3.63) is 0 Å². The van der Waals surface area contributed by atoms with Crippen molar-refractivity contribution >= 4 is 11.9 Å². The molecule has 0 aromatic heterocycles. The van der Waals surface area contributed by atoms with Gasteiger partial charge in [-0.25, -0.2) is 0 Å². The number of carboxylic acid groups (broad SMARTS) is 1. The van der Waals surface area contributed by atoms with E-state index in [2.05, 4.69) is 13.8 Å². The highest BCUT2D eigenvalue weighted by Gasteiger charge is 2.25. The Kier molecular flexibility index (Phi) is 4.12. The summed E-state index contributed by atoms with van der Waals surface area (Å²) >= 11 is 0. The van der Waals surface area contributed by atoms with E-state index in [4.69, 9.17) is 5.11 Å². The Morgan fingerprint density at radius 3 is 2.20 bits per heavy atom. The molecule has 1 aliphatic rings. The van der Waals surface area contributed by atoms with Gasteiger partial charge in [0.2, 0.25) is 5.91 Å². The average molecular weight is 213 g/mol. The van der Waals surface area contributed by atoms with Crippen LogP contribution in [0.3, 0.4) is 0 Å². The fourth-order valence-corrected chi connectivity index (χ4v) is 2.24. The van der Waals surface area contributed by atoms with E-state index in [1.807, 2.05) is 4.90 Å². The molecule has 0 aromatic carbocycles. The van der Waals surface area contributed by atoms with Gasteiger partial charge >= 0.3 is 5.97 Å². The van der Waals surface area contributed by atoms with Crippen molar-refractivity contribution in [2.24, 2.45) is 11.8 Å². The molecular weight excluding hydrogens is 194 g/mol. The fraction of sp³-hybridized carbons (Fsp3) is 0.818. The zero-order valence-electron chi connectivity index (χ0n) is 9.40. The van der Waals surface area contributed by atoms with Crippen LogP contribution in [-0.2, 0) is 9.59 Å². The summed E-state index contributed by atoms with van der Waals surface area (Å²) in [7, 11) is 0. The highest BCUT2D eigenvalue weighted by molar-refractivity contribution is 5.80. The second-order valence-corrected chi connectivity index (χ2v) is 4.64. The first kappa shape index (κ1) is 12.0. The number of carbonyl (C=O) groups is 2. The first-order chi connectivity index (χ1) is 6.99. The summed E-state index contributed by atoms with van der Waals surface area (Å²) in [5.41, 5.74) is 0. The summed E-state index contributed by atoms with van der Waals surface area (Å²) in [5.74, 6) is 0.141. The summed E-state index contributed by atoms with van der Waals surface area (Å²) in [4.78, 5) is 23.8. The molecule has 86 valence electrons. The van der Waals surface area contributed by atoms with Crippen LogP contribution in [0.25, 0.3) is 0 Å². The van der Waals surface area contributed by atoms with Gasteiger partial charge in [-0.2, -0.15) is 0 Å². The van der Waals surface area contributed by atoms with E-state index in [0.29, 0.717) is 11.8 Å². The zero-order valence-corrected chi connectivity index (χ0v) is 9.40. The van der Waals surface area contributed by atoms with Gasteiger partial charge in [-0.05, 0) is 18.3 Å². The topological polar surface area (TPSA) is 57.6 Å². The molecule has 4 nitrogen and oxygen atoms in total. The third-order valence-electron chi connectivity index (χ3n) is 2.77. The number of hydrogen-bond acceptors (Lipinski definition) is 2. The van der Waals surface area contributed by atoms with E-state index in [0.717, 1.165) is 19.5 Å². The number of hydrogen-bond donors (Lipinski definition) is 1. The smallest absolute Gasteiger partial charge is 0.303 e. The summed E-state index contributed by atoms with van der Waals surface area (Å²) in [6.07, 6.45) is 1.23. The SMILES string of the molecule is C[C@@H]1C[C@@H](C)CN(C(=O)CCC(=O)O)C1. The molecule has 1 heterocycles. The molecular formula is C11H19NO3. The predicted molar refractivity (Wildman–Crippen MR) is 56.4 cm³/mol. The highest BCUT2D eigenvalue weighted by Crippen LogP contribution is 2.21. The second kappa shape index (κ2) is 5.14. The van der Waals surface area contributed by atoms with E-state index in [-0.39, 0.29) is 18.7 Å². The van der Waals surface area contributed by atoms with Crippen molar-refractivity contribution in [3.8, 4) is 0 Å². The van der Waals surface area contributed by atoms with Crippen molar-refractivity contribution in [1.29, 1.82) is 0 Å². The van der Waals surface area contributed by atoms with Gasteiger partial charge in [-0.3, -0.25) is 9.59 Å². The largest absolute Gasteiger partial charge is 0.481 e. The monoisotopic (exact) mass is 213 g/mol. The molecule has 0 saturated carbocycles. The minimum absolute atomic E-state index is 0.0178. The van der Waals surface area contributed by atoms with Gasteiger partial charge in [0.25, 0.3) is 0 Å². The van der Waals surface area contributed by atoms with Crippen molar-refractivity contribution in [2.75, 3.05) is 13.1 Å². The molecule has 4 heteroatoms. The van der Waals surface area contributed by atoms with Gasteiger partial charge in [0, 0.05) is 19.5 Å². The molecule has 0 unspecified atom stereocenters. The lowest BCUT2D eigenvalue weighted by molar-refractivity contribution is -0.141. The maximum absolute atomic E-state index is 11.7. The third-order valence-corrected chi connectivity index (χ3v) is 2.77. The predicted octanol–water partition coefficient (Wildman–Crippen LogP) is 1.36.